The normalized spacial score (nSPS) is 27.9. The van der Waals surface area contributed by atoms with Gasteiger partial charge < -0.3 is 19.9 Å². The van der Waals surface area contributed by atoms with Crippen LogP contribution in [0.1, 0.15) is 52.7 Å². The van der Waals surface area contributed by atoms with Gasteiger partial charge in [0.2, 0.25) is 0 Å². The van der Waals surface area contributed by atoms with E-state index in [1.807, 2.05) is 23.1 Å². The summed E-state index contributed by atoms with van der Waals surface area (Å²) in [6.07, 6.45) is 4.02. The van der Waals surface area contributed by atoms with Crippen molar-refractivity contribution in [1.29, 1.82) is 0 Å². The van der Waals surface area contributed by atoms with E-state index < -0.39 is 0 Å². The van der Waals surface area contributed by atoms with Gasteiger partial charge in [-0.1, -0.05) is 30.3 Å². The third kappa shape index (κ3) is 3.87. The van der Waals surface area contributed by atoms with Crippen LogP contribution in [0.15, 0.2) is 72.8 Å². The molecule has 4 aliphatic rings. The number of carbonyl (C=O) groups excluding carboxylic acids is 1. The molecule has 5 heteroatoms. The Bertz CT molecular complexity index is 1280. The lowest BCUT2D eigenvalue weighted by molar-refractivity contribution is 0.0746. The molecule has 0 unspecified atom stereocenters. The van der Waals surface area contributed by atoms with E-state index in [2.05, 4.69) is 64.8 Å². The maximum atomic E-state index is 13.6. The average molecular weight is 494 g/mol. The molecule has 3 aromatic rings. The molecular weight excluding hydrogens is 458 g/mol. The number of rotatable bonds is 4. The highest BCUT2D eigenvalue weighted by Crippen LogP contribution is 2.63. The number of nitrogens with one attached hydrogen (secondary N) is 1. The summed E-state index contributed by atoms with van der Waals surface area (Å²) in [7, 11) is 1.69. The highest BCUT2D eigenvalue weighted by Gasteiger charge is 2.53. The molecule has 2 saturated carbocycles. The first-order chi connectivity index (χ1) is 18.2. The van der Waals surface area contributed by atoms with Crippen LogP contribution in [0.5, 0.6) is 5.75 Å². The molecule has 37 heavy (non-hydrogen) atoms. The van der Waals surface area contributed by atoms with Crippen molar-refractivity contribution in [2.75, 3.05) is 43.5 Å². The summed E-state index contributed by atoms with van der Waals surface area (Å²) in [5.74, 6) is 3.74. The van der Waals surface area contributed by atoms with Crippen LogP contribution >= 0.6 is 0 Å². The van der Waals surface area contributed by atoms with E-state index in [1.54, 1.807) is 7.11 Å². The Balaban J connectivity index is 1.11. The Hall–Kier alpha value is -3.47. The smallest absolute Gasteiger partial charge is 0.253 e. The molecule has 2 aliphatic heterocycles. The third-order valence-electron chi connectivity index (χ3n) is 9.50. The number of methoxy groups -OCH3 is 1. The number of benzene rings is 3. The van der Waals surface area contributed by atoms with E-state index >= 15 is 0 Å². The maximum Gasteiger partial charge on any atom is 0.253 e. The first kappa shape index (κ1) is 22.7. The Kier molecular flexibility index (Phi) is 5.60. The van der Waals surface area contributed by atoms with Gasteiger partial charge in [-0.05, 0) is 96.5 Å². The molecule has 2 aliphatic carbocycles. The number of amides is 1. The molecule has 0 radical (unpaired) electrons. The zero-order valence-corrected chi connectivity index (χ0v) is 21.5. The van der Waals surface area contributed by atoms with Crippen LogP contribution < -0.4 is 15.0 Å². The molecule has 0 aromatic heterocycles. The van der Waals surface area contributed by atoms with Crippen LogP contribution in [0, 0.1) is 17.8 Å². The van der Waals surface area contributed by atoms with Gasteiger partial charge in [0.05, 0.1) is 13.2 Å². The van der Waals surface area contributed by atoms with Gasteiger partial charge >= 0.3 is 0 Å². The van der Waals surface area contributed by atoms with Crippen molar-refractivity contribution in [3.63, 3.8) is 0 Å². The molecule has 0 spiro atoms. The Morgan fingerprint density at radius 3 is 2.41 bits per heavy atom. The average Bonchev–Trinajstić information content (AvgIpc) is 3.60. The van der Waals surface area contributed by atoms with Crippen molar-refractivity contribution in [1.82, 2.24) is 4.90 Å². The van der Waals surface area contributed by atoms with Crippen molar-refractivity contribution in [3.8, 4) is 5.75 Å². The number of nitrogens with zero attached hydrogens (tertiary/aromatic N) is 2. The first-order valence-corrected chi connectivity index (χ1v) is 13.8. The second kappa shape index (κ2) is 9.13. The fourth-order valence-electron chi connectivity index (χ4n) is 7.75. The lowest BCUT2D eigenvalue weighted by atomic mass is 9.68. The number of carbonyl (C=O) groups is 1. The number of fused-ring (bicyclic) bond motifs is 7. The summed E-state index contributed by atoms with van der Waals surface area (Å²) in [6.45, 7) is 3.18. The molecule has 5 atom stereocenters. The minimum atomic E-state index is 0.169. The van der Waals surface area contributed by atoms with E-state index in [9.17, 15) is 4.79 Å². The lowest BCUT2D eigenvalue weighted by Crippen LogP contribution is -2.48. The lowest BCUT2D eigenvalue weighted by Gasteiger charge is -2.44. The van der Waals surface area contributed by atoms with Crippen LogP contribution in [0.2, 0.25) is 0 Å². The van der Waals surface area contributed by atoms with Crippen molar-refractivity contribution in [2.45, 2.75) is 31.2 Å². The molecule has 2 bridgehead atoms. The Labute approximate surface area is 219 Å². The van der Waals surface area contributed by atoms with Crippen LogP contribution in [-0.4, -0.2) is 44.1 Å². The molecule has 3 aromatic carbocycles. The molecule has 3 fully saturated rings. The summed E-state index contributed by atoms with van der Waals surface area (Å²) >= 11 is 0. The second-order valence-corrected chi connectivity index (χ2v) is 11.2. The van der Waals surface area contributed by atoms with E-state index in [1.165, 1.54) is 41.8 Å². The number of hydrogen-bond donors (Lipinski definition) is 1. The zero-order valence-electron chi connectivity index (χ0n) is 21.5. The quantitative estimate of drug-likeness (QED) is 0.488. The summed E-state index contributed by atoms with van der Waals surface area (Å²) < 4.78 is 5.29. The Morgan fingerprint density at radius 1 is 0.892 bits per heavy atom. The first-order valence-electron chi connectivity index (χ1n) is 13.8. The molecule has 190 valence electrons. The fraction of sp³-hybridized carbons (Fsp3) is 0.406. The zero-order chi connectivity index (χ0) is 24.9. The van der Waals surface area contributed by atoms with Crippen LogP contribution in [0.3, 0.4) is 0 Å². The predicted molar refractivity (Wildman–Crippen MR) is 147 cm³/mol. The van der Waals surface area contributed by atoms with Crippen molar-refractivity contribution < 1.29 is 9.53 Å². The minimum Gasteiger partial charge on any atom is -0.497 e. The van der Waals surface area contributed by atoms with E-state index in [4.69, 9.17) is 4.74 Å². The van der Waals surface area contributed by atoms with Crippen molar-refractivity contribution in [3.05, 3.63) is 89.5 Å². The van der Waals surface area contributed by atoms with E-state index in [0.29, 0.717) is 17.9 Å². The van der Waals surface area contributed by atoms with Crippen LogP contribution in [-0.2, 0) is 0 Å². The maximum absolute atomic E-state index is 13.6. The summed E-state index contributed by atoms with van der Waals surface area (Å²) in [5, 5.41) is 3.91. The largest absolute Gasteiger partial charge is 0.497 e. The molecule has 2 heterocycles. The highest BCUT2D eigenvalue weighted by atomic mass is 16.5. The van der Waals surface area contributed by atoms with Gasteiger partial charge in [-0.2, -0.15) is 0 Å². The number of ether oxygens (including phenoxy) is 1. The van der Waals surface area contributed by atoms with Crippen LogP contribution in [0.4, 0.5) is 11.4 Å². The molecule has 1 amide bonds. The molecule has 1 saturated heterocycles. The summed E-state index contributed by atoms with van der Waals surface area (Å²) in [4.78, 5) is 18.0. The Morgan fingerprint density at radius 2 is 1.65 bits per heavy atom. The highest BCUT2D eigenvalue weighted by molar-refractivity contribution is 5.95. The summed E-state index contributed by atoms with van der Waals surface area (Å²) in [6, 6.07) is 26.0. The topological polar surface area (TPSA) is 44.8 Å². The van der Waals surface area contributed by atoms with Gasteiger partial charge in [0, 0.05) is 43.1 Å². The summed E-state index contributed by atoms with van der Waals surface area (Å²) in [5.41, 5.74) is 6.03. The monoisotopic (exact) mass is 493 g/mol. The van der Waals surface area contributed by atoms with E-state index in [0.717, 1.165) is 49.3 Å². The van der Waals surface area contributed by atoms with Gasteiger partial charge in [0.15, 0.2) is 0 Å². The van der Waals surface area contributed by atoms with Crippen molar-refractivity contribution >= 4 is 17.3 Å². The molecule has 5 nitrogen and oxygen atoms in total. The van der Waals surface area contributed by atoms with E-state index in [-0.39, 0.29) is 5.91 Å². The fourth-order valence-corrected chi connectivity index (χ4v) is 7.75. The van der Waals surface area contributed by atoms with Crippen molar-refractivity contribution in [2.24, 2.45) is 17.8 Å². The second-order valence-electron chi connectivity index (χ2n) is 11.2. The van der Waals surface area contributed by atoms with Gasteiger partial charge in [-0.15, -0.1) is 0 Å². The number of hydrogen-bond acceptors (Lipinski definition) is 4. The molecular formula is C32H35N3O2. The molecule has 7 rings (SSSR count). The number of anilines is 2. The van der Waals surface area contributed by atoms with Gasteiger partial charge in [-0.3, -0.25) is 4.79 Å². The predicted octanol–water partition coefficient (Wildman–Crippen LogP) is 5.95. The van der Waals surface area contributed by atoms with Gasteiger partial charge in [0.1, 0.15) is 5.75 Å². The third-order valence-corrected chi connectivity index (χ3v) is 9.50. The standard InChI is InChI=1S/C32H35N3O2/c1-37-26-12-10-25(11-13-26)34-15-17-35(18-16-34)32(36)24-9-14-28-27(20-24)29-22-7-8-23(19-22)30(29)31(33-28)21-5-3-2-4-6-21/h2-6,9-14,20,22-23,29-31,33H,7-8,15-19H2,1H3/t22-,23+,29-,30-,31-/m1/s1. The van der Waals surface area contributed by atoms with Gasteiger partial charge in [-0.25, -0.2) is 0 Å². The van der Waals surface area contributed by atoms with Gasteiger partial charge in [0.25, 0.3) is 5.91 Å². The molecule has 1 N–H and O–H groups in total. The van der Waals surface area contributed by atoms with Crippen LogP contribution in [0.25, 0.3) is 0 Å². The number of piperazine rings is 1. The minimum absolute atomic E-state index is 0.169. The SMILES string of the molecule is COc1ccc(N2CCN(C(=O)c3ccc4c(c3)[C@H]3[C@@H]5CC[C@@H](C5)[C@H]3[C@@H](c3ccccc3)N4)CC2)cc1.